The second-order valence-corrected chi connectivity index (χ2v) is 5.97. The van der Waals surface area contributed by atoms with Gasteiger partial charge in [-0.1, -0.05) is 0 Å². The number of amides is 1. The summed E-state index contributed by atoms with van der Waals surface area (Å²) in [6.07, 6.45) is 6.10. The van der Waals surface area contributed by atoms with Gasteiger partial charge in [0.25, 0.3) is 5.91 Å². The molecule has 1 atom stereocenters. The van der Waals surface area contributed by atoms with E-state index >= 15 is 0 Å². The van der Waals surface area contributed by atoms with E-state index in [1.165, 1.54) is 0 Å². The van der Waals surface area contributed by atoms with Gasteiger partial charge < -0.3 is 10.1 Å². The monoisotopic (exact) mass is 313 g/mol. The Hall–Kier alpha value is -2.25. The maximum atomic E-state index is 12.6. The van der Waals surface area contributed by atoms with E-state index in [4.69, 9.17) is 4.74 Å². The quantitative estimate of drug-likeness (QED) is 0.888. The zero-order chi connectivity index (χ0) is 15.6. The van der Waals surface area contributed by atoms with Gasteiger partial charge in [0.15, 0.2) is 5.82 Å². The van der Waals surface area contributed by atoms with Crippen molar-refractivity contribution in [1.29, 1.82) is 0 Å². The minimum Gasteiger partial charge on any atom is -0.378 e. The molecule has 7 nitrogen and oxygen atoms in total. The maximum absolute atomic E-state index is 12.6. The summed E-state index contributed by atoms with van der Waals surface area (Å²) >= 11 is 0. The van der Waals surface area contributed by atoms with Crippen molar-refractivity contribution in [3.63, 3.8) is 0 Å². The van der Waals surface area contributed by atoms with E-state index in [1.54, 1.807) is 35.4 Å². The summed E-state index contributed by atoms with van der Waals surface area (Å²) in [6.45, 7) is 3.52. The lowest BCUT2D eigenvalue weighted by Crippen LogP contribution is -2.49. The van der Waals surface area contributed by atoms with Crippen molar-refractivity contribution in [2.45, 2.75) is 18.5 Å². The van der Waals surface area contributed by atoms with E-state index in [2.05, 4.69) is 20.3 Å². The molecule has 1 unspecified atom stereocenters. The number of pyridine rings is 1. The number of ether oxygens (including phenoxy) is 1. The number of hydrogen-bond acceptors (Lipinski definition) is 5. The first-order chi connectivity index (χ1) is 11.3. The van der Waals surface area contributed by atoms with Crippen LogP contribution in [0.4, 0.5) is 0 Å². The SMILES string of the molecule is O=C(NC1CCN(C2COC2)C1)c1cccnc1-n1cccn1. The Kier molecular flexibility index (Phi) is 3.80. The molecule has 7 heteroatoms. The second kappa shape index (κ2) is 6.10. The second-order valence-electron chi connectivity index (χ2n) is 5.97. The molecule has 0 spiro atoms. The van der Waals surface area contributed by atoms with Gasteiger partial charge in [-0.05, 0) is 24.6 Å². The summed E-state index contributed by atoms with van der Waals surface area (Å²) in [5, 5.41) is 7.30. The van der Waals surface area contributed by atoms with Crippen molar-refractivity contribution in [2.24, 2.45) is 0 Å². The molecule has 0 bridgehead atoms. The topological polar surface area (TPSA) is 72.3 Å². The number of carbonyl (C=O) groups is 1. The van der Waals surface area contributed by atoms with Gasteiger partial charge in [0.1, 0.15) is 0 Å². The van der Waals surface area contributed by atoms with Gasteiger partial charge in [0, 0.05) is 37.7 Å². The van der Waals surface area contributed by atoms with Gasteiger partial charge in [-0.15, -0.1) is 0 Å². The van der Waals surface area contributed by atoms with E-state index in [9.17, 15) is 4.79 Å². The van der Waals surface area contributed by atoms with E-state index in [0.29, 0.717) is 17.4 Å². The molecule has 4 heterocycles. The Morgan fingerprint density at radius 2 is 2.22 bits per heavy atom. The van der Waals surface area contributed by atoms with Crippen molar-refractivity contribution in [3.8, 4) is 5.82 Å². The fraction of sp³-hybridized carbons (Fsp3) is 0.438. The smallest absolute Gasteiger partial charge is 0.255 e. The van der Waals surface area contributed by atoms with Crippen LogP contribution in [0.3, 0.4) is 0 Å². The fourth-order valence-electron chi connectivity index (χ4n) is 3.08. The third-order valence-electron chi connectivity index (χ3n) is 4.44. The highest BCUT2D eigenvalue weighted by Crippen LogP contribution is 2.18. The number of nitrogens with zero attached hydrogens (tertiary/aromatic N) is 4. The fourth-order valence-corrected chi connectivity index (χ4v) is 3.08. The lowest BCUT2D eigenvalue weighted by Gasteiger charge is -2.34. The molecule has 120 valence electrons. The molecule has 4 rings (SSSR count). The van der Waals surface area contributed by atoms with Crippen LogP contribution in [-0.2, 0) is 4.74 Å². The van der Waals surface area contributed by atoms with Crippen LogP contribution < -0.4 is 5.32 Å². The molecular weight excluding hydrogens is 294 g/mol. The van der Waals surface area contributed by atoms with E-state index < -0.39 is 0 Å². The summed E-state index contributed by atoms with van der Waals surface area (Å²) in [4.78, 5) is 19.3. The van der Waals surface area contributed by atoms with Gasteiger partial charge in [-0.3, -0.25) is 9.69 Å². The number of nitrogens with one attached hydrogen (secondary N) is 1. The van der Waals surface area contributed by atoms with Gasteiger partial charge >= 0.3 is 0 Å². The molecule has 2 fully saturated rings. The normalized spacial score (nSPS) is 22.0. The maximum Gasteiger partial charge on any atom is 0.255 e. The molecule has 0 aliphatic carbocycles. The van der Waals surface area contributed by atoms with Crippen LogP contribution in [-0.4, -0.2) is 64.0 Å². The Balaban J connectivity index is 1.46. The van der Waals surface area contributed by atoms with Crippen molar-refractivity contribution in [2.75, 3.05) is 26.3 Å². The van der Waals surface area contributed by atoms with Crippen molar-refractivity contribution in [1.82, 2.24) is 25.0 Å². The average Bonchev–Trinajstić information content (AvgIpc) is 3.17. The van der Waals surface area contributed by atoms with Crippen LogP contribution in [0.2, 0.25) is 0 Å². The third-order valence-corrected chi connectivity index (χ3v) is 4.44. The molecule has 2 aliphatic heterocycles. The first-order valence-corrected chi connectivity index (χ1v) is 7.89. The van der Waals surface area contributed by atoms with Gasteiger partial charge in [0.2, 0.25) is 0 Å². The number of likely N-dealkylation sites (tertiary alicyclic amines) is 1. The van der Waals surface area contributed by atoms with Crippen LogP contribution in [0.1, 0.15) is 16.8 Å². The van der Waals surface area contributed by atoms with Gasteiger partial charge in [-0.2, -0.15) is 5.10 Å². The first-order valence-electron chi connectivity index (χ1n) is 7.89. The number of hydrogen-bond donors (Lipinski definition) is 1. The molecule has 0 radical (unpaired) electrons. The minimum absolute atomic E-state index is 0.0969. The van der Waals surface area contributed by atoms with Crippen molar-refractivity contribution >= 4 is 5.91 Å². The highest BCUT2D eigenvalue weighted by molar-refractivity contribution is 5.97. The lowest BCUT2D eigenvalue weighted by atomic mass is 10.2. The summed E-state index contributed by atoms with van der Waals surface area (Å²) < 4.78 is 6.86. The van der Waals surface area contributed by atoms with Gasteiger partial charge in [-0.25, -0.2) is 9.67 Å². The molecule has 2 saturated heterocycles. The van der Waals surface area contributed by atoms with Crippen molar-refractivity contribution < 1.29 is 9.53 Å². The zero-order valence-electron chi connectivity index (χ0n) is 12.8. The standard InChI is InChI=1S/C16H19N5O2/c22-16(19-12-4-8-20(9-12)13-10-23-11-13)14-3-1-5-17-15(14)21-7-2-6-18-21/h1-3,5-7,12-13H,4,8-11H2,(H,19,22). The summed E-state index contributed by atoms with van der Waals surface area (Å²) in [5.74, 6) is 0.456. The van der Waals surface area contributed by atoms with Crippen molar-refractivity contribution in [3.05, 3.63) is 42.4 Å². The molecule has 2 aromatic rings. The van der Waals surface area contributed by atoms with Gasteiger partial charge in [0.05, 0.1) is 24.8 Å². The zero-order valence-corrected chi connectivity index (χ0v) is 12.8. The molecule has 2 aliphatic rings. The Morgan fingerprint density at radius 1 is 1.30 bits per heavy atom. The van der Waals surface area contributed by atoms with Crippen LogP contribution in [0.15, 0.2) is 36.8 Å². The van der Waals surface area contributed by atoms with Crippen LogP contribution in [0.5, 0.6) is 0 Å². The number of aromatic nitrogens is 3. The summed E-state index contributed by atoms with van der Waals surface area (Å²) in [5.41, 5.74) is 0.543. The molecule has 0 aromatic carbocycles. The molecule has 23 heavy (non-hydrogen) atoms. The number of carbonyl (C=O) groups excluding carboxylic acids is 1. The largest absolute Gasteiger partial charge is 0.378 e. The molecule has 2 aromatic heterocycles. The lowest BCUT2D eigenvalue weighted by molar-refractivity contribution is -0.0574. The predicted octanol–water partition coefficient (Wildman–Crippen LogP) is 0.470. The summed E-state index contributed by atoms with van der Waals surface area (Å²) in [6, 6.07) is 6.07. The van der Waals surface area contributed by atoms with Crippen LogP contribution >= 0.6 is 0 Å². The number of rotatable bonds is 4. The highest BCUT2D eigenvalue weighted by atomic mass is 16.5. The first kappa shape index (κ1) is 14.3. The third kappa shape index (κ3) is 2.85. The Labute approximate surface area is 134 Å². The molecule has 0 saturated carbocycles. The van der Waals surface area contributed by atoms with E-state index in [0.717, 1.165) is 32.7 Å². The Morgan fingerprint density at radius 3 is 2.96 bits per heavy atom. The molecule has 1 amide bonds. The van der Waals surface area contributed by atoms with Crippen LogP contribution in [0, 0.1) is 0 Å². The highest BCUT2D eigenvalue weighted by Gasteiger charge is 2.33. The predicted molar refractivity (Wildman–Crippen MR) is 83.4 cm³/mol. The van der Waals surface area contributed by atoms with E-state index in [-0.39, 0.29) is 11.9 Å². The van der Waals surface area contributed by atoms with Crippen LogP contribution in [0.25, 0.3) is 5.82 Å². The molecule has 1 N–H and O–H groups in total. The Bertz CT molecular complexity index is 684. The van der Waals surface area contributed by atoms with E-state index in [1.807, 2.05) is 6.07 Å². The average molecular weight is 313 g/mol. The molecular formula is C16H19N5O2. The minimum atomic E-state index is -0.0969. The summed E-state index contributed by atoms with van der Waals surface area (Å²) in [7, 11) is 0.